The van der Waals surface area contributed by atoms with Crippen LogP contribution in [-0.4, -0.2) is 26.6 Å². The second kappa shape index (κ2) is 10.7. The van der Waals surface area contributed by atoms with Crippen LogP contribution in [0.4, 0.5) is 14.5 Å². The van der Waals surface area contributed by atoms with Crippen LogP contribution >= 0.6 is 22.9 Å². The zero-order valence-corrected chi connectivity index (χ0v) is 23.0. The molecule has 0 saturated carbocycles. The van der Waals surface area contributed by atoms with Crippen LogP contribution in [0.1, 0.15) is 49.4 Å². The van der Waals surface area contributed by atoms with Crippen LogP contribution in [0.5, 0.6) is 5.75 Å². The minimum atomic E-state index is -2.86. The fourth-order valence-electron chi connectivity index (χ4n) is 4.11. The number of carbonyl (C=O) groups excluding carboxylic acids is 2. The molecule has 2 amide bonds. The second-order valence-corrected chi connectivity index (χ2v) is 10.3. The first kappa shape index (κ1) is 27.3. The van der Waals surface area contributed by atoms with Crippen molar-refractivity contribution >= 4 is 50.7 Å². The number of pyridine rings is 1. The maximum absolute atomic E-state index is 13.7. The van der Waals surface area contributed by atoms with Gasteiger partial charge in [-0.25, -0.2) is 13.8 Å². The number of alkyl halides is 2. The van der Waals surface area contributed by atoms with E-state index in [-0.39, 0.29) is 27.8 Å². The van der Waals surface area contributed by atoms with Crippen molar-refractivity contribution in [3.05, 3.63) is 81.0 Å². The highest BCUT2D eigenvalue weighted by Gasteiger charge is 2.27. The molecular weight excluding hydrogens is 564 g/mol. The molecule has 0 aliphatic heterocycles. The Kier molecular flexibility index (Phi) is 7.30. The lowest BCUT2D eigenvalue weighted by Crippen LogP contribution is -2.16. The number of furan rings is 1. The van der Waals surface area contributed by atoms with Gasteiger partial charge in [-0.1, -0.05) is 11.6 Å². The number of benzene rings is 1. The van der Waals surface area contributed by atoms with E-state index in [1.807, 2.05) is 6.92 Å². The number of thiophene rings is 1. The van der Waals surface area contributed by atoms with Gasteiger partial charge in [0.25, 0.3) is 18.2 Å². The second-order valence-electron chi connectivity index (χ2n) is 8.93. The number of aromatic nitrogens is 3. The Morgan fingerprint density at radius 1 is 1.20 bits per heavy atom. The van der Waals surface area contributed by atoms with Crippen molar-refractivity contribution in [2.45, 2.75) is 26.9 Å². The molecule has 0 aliphatic rings. The topological polar surface area (TPSA) is 125 Å². The lowest BCUT2D eigenvalue weighted by atomic mass is 10.0. The Morgan fingerprint density at radius 2 is 1.98 bits per heavy atom. The van der Waals surface area contributed by atoms with Crippen molar-refractivity contribution in [2.75, 3.05) is 5.32 Å². The predicted molar refractivity (Wildman–Crippen MR) is 147 cm³/mol. The summed E-state index contributed by atoms with van der Waals surface area (Å²) < 4.78 is 40.4. The molecule has 206 valence electrons. The number of nitrogens with one attached hydrogen (secondary N) is 1. The van der Waals surface area contributed by atoms with Crippen LogP contribution in [0, 0.1) is 13.8 Å². The molecule has 1 aromatic carbocycles. The molecule has 0 atom stereocenters. The van der Waals surface area contributed by atoms with Crippen molar-refractivity contribution in [1.29, 1.82) is 0 Å². The van der Waals surface area contributed by atoms with Crippen molar-refractivity contribution in [3.8, 4) is 16.9 Å². The number of nitrogens with zero attached hydrogens (tertiary/aromatic N) is 3. The Morgan fingerprint density at radius 3 is 2.62 bits per heavy atom. The SMILES string of the molecule is Cc1cc(OCc2ccc(C(=O)Nc3c(C(N)=O)sc4nc(C(F)F)cc(-c5cnn(C)c5C)c34)o2)ccc1Cl. The number of aryl methyl sites for hydroxylation is 2. The number of rotatable bonds is 8. The number of fused-ring (bicyclic) bond motifs is 1. The van der Waals surface area contributed by atoms with E-state index in [1.54, 1.807) is 42.9 Å². The summed E-state index contributed by atoms with van der Waals surface area (Å²) in [4.78, 5) is 29.7. The third kappa shape index (κ3) is 5.15. The van der Waals surface area contributed by atoms with Crippen LogP contribution in [-0.2, 0) is 13.7 Å². The van der Waals surface area contributed by atoms with Gasteiger partial charge in [0.15, 0.2) is 5.76 Å². The number of nitrogens with two attached hydrogens (primary N) is 1. The Bertz CT molecular complexity index is 1780. The van der Waals surface area contributed by atoms with Crippen molar-refractivity contribution in [1.82, 2.24) is 14.8 Å². The lowest BCUT2D eigenvalue weighted by Gasteiger charge is -2.10. The Labute approximate surface area is 235 Å². The summed E-state index contributed by atoms with van der Waals surface area (Å²) in [6, 6.07) is 9.48. The summed E-state index contributed by atoms with van der Waals surface area (Å²) in [7, 11) is 1.71. The van der Waals surface area contributed by atoms with E-state index in [9.17, 15) is 18.4 Å². The number of carbonyl (C=O) groups is 2. The van der Waals surface area contributed by atoms with Crippen LogP contribution in [0.25, 0.3) is 21.3 Å². The molecule has 0 fully saturated rings. The molecule has 4 heterocycles. The summed E-state index contributed by atoms with van der Waals surface area (Å²) in [6.07, 6.45) is -1.34. The Hall–Kier alpha value is -4.29. The average Bonchev–Trinajstić information content (AvgIpc) is 3.62. The van der Waals surface area contributed by atoms with Crippen LogP contribution in [0.3, 0.4) is 0 Å². The third-order valence-electron chi connectivity index (χ3n) is 6.29. The van der Waals surface area contributed by atoms with Crippen LogP contribution in [0.15, 0.2) is 47.0 Å². The molecule has 9 nitrogen and oxygen atoms in total. The zero-order chi connectivity index (χ0) is 28.7. The highest BCUT2D eigenvalue weighted by molar-refractivity contribution is 7.21. The summed E-state index contributed by atoms with van der Waals surface area (Å²) in [5, 5.41) is 7.80. The number of hydrogen-bond acceptors (Lipinski definition) is 7. The first-order chi connectivity index (χ1) is 19.0. The molecule has 0 radical (unpaired) electrons. The van der Waals surface area contributed by atoms with E-state index in [0.717, 1.165) is 16.9 Å². The van der Waals surface area contributed by atoms with Gasteiger partial charge in [0, 0.05) is 28.7 Å². The fraction of sp³-hybridized carbons (Fsp3) is 0.185. The molecular formula is C27H22ClF2N5O4S. The molecule has 0 aliphatic carbocycles. The standard InChI is InChI=1S/C27H22ClF2N5O4S/c1-12-8-14(4-6-18(12)28)38-11-15-5-7-20(39-15)26(37)34-22-21-16(17-10-32-35(3)13(17)2)9-19(24(29)30)33-27(21)40-23(22)25(31)36/h4-10,24H,11H2,1-3H3,(H2,31,36)(H,34,37). The predicted octanol–water partition coefficient (Wildman–Crippen LogP) is 6.43. The van der Waals surface area contributed by atoms with E-state index < -0.39 is 23.9 Å². The van der Waals surface area contributed by atoms with Crippen molar-refractivity contribution < 1.29 is 27.5 Å². The van der Waals surface area contributed by atoms with Gasteiger partial charge in [0.1, 0.15) is 33.5 Å². The van der Waals surface area contributed by atoms with Gasteiger partial charge in [-0.2, -0.15) is 5.10 Å². The van der Waals surface area contributed by atoms with Gasteiger partial charge >= 0.3 is 0 Å². The summed E-state index contributed by atoms with van der Waals surface area (Å²) in [5.74, 6) is -0.635. The normalized spacial score (nSPS) is 11.4. The number of primary amides is 1. The highest BCUT2D eigenvalue weighted by atomic mass is 35.5. The minimum absolute atomic E-state index is 0.0433. The van der Waals surface area contributed by atoms with E-state index in [0.29, 0.717) is 38.7 Å². The molecule has 0 unspecified atom stereocenters. The van der Waals surface area contributed by atoms with E-state index in [1.165, 1.54) is 18.3 Å². The fourth-order valence-corrected chi connectivity index (χ4v) is 5.24. The van der Waals surface area contributed by atoms with Crippen molar-refractivity contribution in [3.63, 3.8) is 0 Å². The highest BCUT2D eigenvalue weighted by Crippen LogP contribution is 2.43. The molecule has 13 heteroatoms. The summed E-state index contributed by atoms with van der Waals surface area (Å²) in [6.45, 7) is 3.67. The molecule has 0 spiro atoms. The van der Waals surface area contributed by atoms with Gasteiger partial charge in [-0.15, -0.1) is 11.3 Å². The first-order valence-electron chi connectivity index (χ1n) is 11.9. The van der Waals surface area contributed by atoms with Crippen molar-refractivity contribution in [2.24, 2.45) is 12.8 Å². The van der Waals surface area contributed by atoms with Gasteiger partial charge in [0.05, 0.1) is 11.9 Å². The molecule has 0 bridgehead atoms. The van der Waals surface area contributed by atoms with Crippen LogP contribution < -0.4 is 15.8 Å². The quantitative estimate of drug-likeness (QED) is 0.216. The third-order valence-corrected chi connectivity index (χ3v) is 7.81. The number of hydrogen-bond donors (Lipinski definition) is 2. The van der Waals surface area contributed by atoms with Crippen LogP contribution in [0.2, 0.25) is 5.02 Å². The van der Waals surface area contributed by atoms with Gasteiger partial charge in [0.2, 0.25) is 0 Å². The first-order valence-corrected chi connectivity index (χ1v) is 13.1. The van der Waals surface area contributed by atoms with Gasteiger partial charge in [-0.3, -0.25) is 14.3 Å². The molecule has 4 aromatic heterocycles. The largest absolute Gasteiger partial charge is 0.486 e. The molecule has 3 N–H and O–H groups in total. The molecule has 0 saturated heterocycles. The lowest BCUT2D eigenvalue weighted by molar-refractivity contribution is 0.0992. The number of amides is 2. The van der Waals surface area contributed by atoms with E-state index in [2.05, 4.69) is 15.4 Å². The smallest absolute Gasteiger partial charge is 0.291 e. The maximum Gasteiger partial charge on any atom is 0.291 e. The molecule has 40 heavy (non-hydrogen) atoms. The minimum Gasteiger partial charge on any atom is -0.486 e. The number of ether oxygens (including phenoxy) is 1. The van der Waals surface area contributed by atoms with Gasteiger partial charge < -0.3 is 20.2 Å². The summed E-state index contributed by atoms with van der Waals surface area (Å²) >= 11 is 6.86. The Balaban J connectivity index is 1.50. The average molecular weight is 586 g/mol. The maximum atomic E-state index is 13.7. The zero-order valence-electron chi connectivity index (χ0n) is 21.4. The molecule has 5 rings (SSSR count). The monoisotopic (exact) mass is 585 g/mol. The van der Waals surface area contributed by atoms with E-state index >= 15 is 0 Å². The molecule has 5 aromatic rings. The number of halogens is 3. The van der Waals surface area contributed by atoms with Gasteiger partial charge in [-0.05, 0) is 61.4 Å². The van der Waals surface area contributed by atoms with E-state index in [4.69, 9.17) is 26.5 Å². The summed E-state index contributed by atoms with van der Waals surface area (Å²) in [5.41, 5.74) is 7.59. The number of anilines is 1.